The van der Waals surface area contributed by atoms with Crippen molar-refractivity contribution in [1.29, 1.82) is 0 Å². The van der Waals surface area contributed by atoms with Crippen LogP contribution >= 0.6 is 0 Å². The molecule has 5 rings (SSSR count). The molecule has 0 unspecified atom stereocenters. The first-order valence-corrected chi connectivity index (χ1v) is 10.5. The van der Waals surface area contributed by atoms with Crippen molar-refractivity contribution in [3.8, 4) is 17.0 Å². The van der Waals surface area contributed by atoms with Crippen molar-refractivity contribution in [2.24, 2.45) is 0 Å². The molecular formula is C24H21F2N5O2. The molecule has 2 N–H and O–H groups in total. The number of hydrogen-bond acceptors (Lipinski definition) is 5. The molecule has 2 aromatic heterocycles. The number of halogens is 2. The van der Waals surface area contributed by atoms with Crippen molar-refractivity contribution in [1.82, 2.24) is 19.7 Å². The Morgan fingerprint density at radius 2 is 1.94 bits per heavy atom. The number of ether oxygens (including phenoxy) is 1. The standard InChI is InChI=1S/C24H21F2N5O2/c1-27-23(32)18-9-6-16(12-19(18)14-2-3-14)30-21-22-29-13-20(31(22)11-10-28-21)15-4-7-17(8-5-15)33-24(25)26/h4-14,24H,2-3H2,1H3,(H,27,32)(H,28,30). The third-order valence-corrected chi connectivity index (χ3v) is 5.61. The summed E-state index contributed by atoms with van der Waals surface area (Å²) in [7, 11) is 1.63. The molecule has 33 heavy (non-hydrogen) atoms. The van der Waals surface area contributed by atoms with E-state index in [2.05, 4.69) is 25.3 Å². The fourth-order valence-corrected chi connectivity index (χ4v) is 3.88. The molecule has 0 saturated heterocycles. The Kier molecular flexibility index (Phi) is 5.37. The molecule has 0 spiro atoms. The number of carbonyl (C=O) groups excluding carboxylic acids is 1. The minimum atomic E-state index is -2.86. The lowest BCUT2D eigenvalue weighted by molar-refractivity contribution is -0.0498. The lowest BCUT2D eigenvalue weighted by atomic mass is 10.0. The average molecular weight is 449 g/mol. The molecule has 0 radical (unpaired) electrons. The van der Waals surface area contributed by atoms with Gasteiger partial charge < -0.3 is 15.4 Å². The summed E-state index contributed by atoms with van der Waals surface area (Å²) in [5, 5.41) is 6.02. The number of alkyl halides is 2. The summed E-state index contributed by atoms with van der Waals surface area (Å²) in [6, 6.07) is 12.1. The van der Waals surface area contributed by atoms with E-state index >= 15 is 0 Å². The summed E-state index contributed by atoms with van der Waals surface area (Å²) in [6.45, 7) is -2.86. The second kappa shape index (κ2) is 8.50. The van der Waals surface area contributed by atoms with Crippen LogP contribution in [0, 0.1) is 0 Å². The maximum atomic E-state index is 12.4. The van der Waals surface area contributed by atoms with Crippen LogP contribution in [0.5, 0.6) is 5.75 Å². The highest BCUT2D eigenvalue weighted by Crippen LogP contribution is 2.43. The van der Waals surface area contributed by atoms with E-state index in [1.165, 1.54) is 12.1 Å². The van der Waals surface area contributed by atoms with E-state index in [-0.39, 0.29) is 11.7 Å². The molecule has 7 nitrogen and oxygen atoms in total. The number of anilines is 2. The number of hydrogen-bond donors (Lipinski definition) is 2. The van der Waals surface area contributed by atoms with Gasteiger partial charge in [-0.3, -0.25) is 9.20 Å². The molecule has 0 bridgehead atoms. The summed E-state index contributed by atoms with van der Waals surface area (Å²) in [6.07, 6.45) is 7.31. The van der Waals surface area contributed by atoms with E-state index in [0.717, 1.165) is 35.3 Å². The van der Waals surface area contributed by atoms with E-state index in [1.54, 1.807) is 37.8 Å². The fraction of sp³-hybridized carbons (Fsp3) is 0.208. The van der Waals surface area contributed by atoms with Crippen LogP contribution in [0.2, 0.25) is 0 Å². The minimum absolute atomic E-state index is 0.0912. The van der Waals surface area contributed by atoms with Gasteiger partial charge in [0.1, 0.15) is 5.75 Å². The number of imidazole rings is 1. The highest BCUT2D eigenvalue weighted by atomic mass is 19.3. The Labute approximate surface area is 188 Å². The van der Waals surface area contributed by atoms with Crippen LogP contribution < -0.4 is 15.4 Å². The number of fused-ring (bicyclic) bond motifs is 1. The number of benzene rings is 2. The van der Waals surface area contributed by atoms with E-state index in [9.17, 15) is 13.6 Å². The van der Waals surface area contributed by atoms with Gasteiger partial charge in [0, 0.05) is 36.3 Å². The Morgan fingerprint density at radius 3 is 2.64 bits per heavy atom. The Hall–Kier alpha value is -4.01. The third-order valence-electron chi connectivity index (χ3n) is 5.61. The molecule has 1 aliphatic carbocycles. The van der Waals surface area contributed by atoms with E-state index in [0.29, 0.717) is 22.9 Å². The number of nitrogens with one attached hydrogen (secondary N) is 2. The third kappa shape index (κ3) is 4.21. The zero-order chi connectivity index (χ0) is 22.9. The van der Waals surface area contributed by atoms with Crippen LogP contribution in [0.3, 0.4) is 0 Å². The zero-order valence-corrected chi connectivity index (χ0v) is 17.8. The minimum Gasteiger partial charge on any atom is -0.435 e. The molecular weight excluding hydrogens is 428 g/mol. The van der Waals surface area contributed by atoms with Crippen molar-refractivity contribution in [3.05, 3.63) is 72.2 Å². The quantitative estimate of drug-likeness (QED) is 0.416. The molecule has 1 fully saturated rings. The molecule has 2 aromatic carbocycles. The molecule has 168 valence electrons. The molecule has 1 amide bonds. The van der Waals surface area contributed by atoms with Gasteiger partial charge in [0.15, 0.2) is 11.5 Å². The van der Waals surface area contributed by atoms with Gasteiger partial charge >= 0.3 is 6.61 Å². The first-order chi connectivity index (χ1) is 16.0. The predicted octanol–water partition coefficient (Wildman–Crippen LogP) is 4.98. The summed E-state index contributed by atoms with van der Waals surface area (Å²) in [4.78, 5) is 21.2. The van der Waals surface area contributed by atoms with Crippen LogP contribution in [0.25, 0.3) is 16.9 Å². The largest absolute Gasteiger partial charge is 0.435 e. The summed E-state index contributed by atoms with van der Waals surface area (Å²) < 4.78 is 31.1. The van der Waals surface area contributed by atoms with E-state index < -0.39 is 6.61 Å². The topological polar surface area (TPSA) is 80.6 Å². The smallest absolute Gasteiger partial charge is 0.387 e. The second-order valence-corrected chi connectivity index (χ2v) is 7.80. The molecule has 9 heteroatoms. The van der Waals surface area contributed by atoms with Gasteiger partial charge in [-0.1, -0.05) is 0 Å². The lowest BCUT2D eigenvalue weighted by Crippen LogP contribution is -2.19. The van der Waals surface area contributed by atoms with Crippen molar-refractivity contribution < 1.29 is 18.3 Å². The molecule has 0 atom stereocenters. The molecule has 4 aromatic rings. The van der Waals surface area contributed by atoms with Gasteiger partial charge in [0.05, 0.1) is 11.9 Å². The highest BCUT2D eigenvalue weighted by molar-refractivity contribution is 5.96. The SMILES string of the molecule is CNC(=O)c1ccc(Nc2nccn3c(-c4ccc(OC(F)F)cc4)cnc23)cc1C1CC1. The Morgan fingerprint density at radius 1 is 1.15 bits per heavy atom. The number of rotatable bonds is 7. The Bertz CT molecular complexity index is 1320. The number of nitrogens with zero attached hydrogens (tertiary/aromatic N) is 3. The van der Waals surface area contributed by atoms with Gasteiger partial charge in [-0.2, -0.15) is 8.78 Å². The average Bonchev–Trinajstić information content (AvgIpc) is 3.58. The lowest BCUT2D eigenvalue weighted by Gasteiger charge is -2.12. The summed E-state index contributed by atoms with van der Waals surface area (Å²) >= 11 is 0. The number of carbonyl (C=O) groups is 1. The van der Waals surface area contributed by atoms with E-state index in [1.807, 2.05) is 22.6 Å². The zero-order valence-electron chi connectivity index (χ0n) is 17.8. The molecule has 0 aliphatic heterocycles. The van der Waals surface area contributed by atoms with Crippen molar-refractivity contribution >= 4 is 23.1 Å². The van der Waals surface area contributed by atoms with Crippen LogP contribution in [0.1, 0.15) is 34.7 Å². The second-order valence-electron chi connectivity index (χ2n) is 7.80. The van der Waals surface area contributed by atoms with Crippen molar-refractivity contribution in [2.45, 2.75) is 25.4 Å². The Balaban J connectivity index is 1.45. The first kappa shape index (κ1) is 20.9. The maximum Gasteiger partial charge on any atom is 0.387 e. The number of aromatic nitrogens is 3. The normalized spacial score (nSPS) is 13.3. The highest BCUT2D eigenvalue weighted by Gasteiger charge is 2.28. The predicted molar refractivity (Wildman–Crippen MR) is 120 cm³/mol. The van der Waals surface area contributed by atoms with Gasteiger partial charge in [-0.05, 0) is 66.8 Å². The van der Waals surface area contributed by atoms with Crippen LogP contribution in [0.15, 0.2) is 61.1 Å². The van der Waals surface area contributed by atoms with Crippen molar-refractivity contribution in [2.75, 3.05) is 12.4 Å². The fourth-order valence-electron chi connectivity index (χ4n) is 3.88. The van der Waals surface area contributed by atoms with Gasteiger partial charge in [0.25, 0.3) is 5.91 Å². The maximum absolute atomic E-state index is 12.4. The molecule has 1 aliphatic rings. The molecule has 2 heterocycles. The van der Waals surface area contributed by atoms with Gasteiger partial charge in [0.2, 0.25) is 0 Å². The van der Waals surface area contributed by atoms with Gasteiger partial charge in [-0.15, -0.1) is 0 Å². The number of amides is 1. The van der Waals surface area contributed by atoms with E-state index in [4.69, 9.17) is 0 Å². The van der Waals surface area contributed by atoms with Crippen molar-refractivity contribution in [3.63, 3.8) is 0 Å². The van der Waals surface area contributed by atoms with Crippen LogP contribution in [-0.4, -0.2) is 33.9 Å². The first-order valence-electron chi connectivity index (χ1n) is 10.5. The summed E-state index contributed by atoms with van der Waals surface area (Å²) in [5.41, 5.74) is 4.74. The molecule has 1 saturated carbocycles. The van der Waals surface area contributed by atoms with Gasteiger partial charge in [-0.25, -0.2) is 9.97 Å². The van der Waals surface area contributed by atoms with Crippen LogP contribution in [-0.2, 0) is 0 Å². The summed E-state index contributed by atoms with van der Waals surface area (Å²) in [5.74, 6) is 0.971. The van der Waals surface area contributed by atoms with Crippen LogP contribution in [0.4, 0.5) is 20.3 Å². The monoisotopic (exact) mass is 449 g/mol.